The molecule has 1 aliphatic rings. The number of nitrogens with zero attached hydrogens (tertiary/aromatic N) is 2. The SMILES string of the molecule is CC(=O)NCCN(C(=O)C1CCCN(Cc2cccc(F)c2)C1)C(C)C(=O)O. The molecule has 1 aliphatic heterocycles. The molecule has 0 aliphatic carbocycles. The number of amides is 2. The van der Waals surface area contributed by atoms with E-state index in [0.29, 0.717) is 19.5 Å². The molecule has 2 amide bonds. The van der Waals surface area contributed by atoms with E-state index >= 15 is 0 Å². The molecule has 0 spiro atoms. The van der Waals surface area contributed by atoms with E-state index in [9.17, 15) is 23.9 Å². The number of hydrogen-bond acceptors (Lipinski definition) is 4. The van der Waals surface area contributed by atoms with Gasteiger partial charge in [-0.25, -0.2) is 9.18 Å². The van der Waals surface area contributed by atoms with Gasteiger partial charge in [0.05, 0.1) is 5.92 Å². The summed E-state index contributed by atoms with van der Waals surface area (Å²) in [5.74, 6) is -2.13. The van der Waals surface area contributed by atoms with Gasteiger partial charge in [-0.05, 0) is 44.0 Å². The van der Waals surface area contributed by atoms with E-state index in [4.69, 9.17) is 0 Å². The smallest absolute Gasteiger partial charge is 0.326 e. The molecule has 28 heavy (non-hydrogen) atoms. The minimum Gasteiger partial charge on any atom is -0.480 e. The van der Waals surface area contributed by atoms with E-state index < -0.39 is 12.0 Å². The fourth-order valence-corrected chi connectivity index (χ4v) is 3.51. The van der Waals surface area contributed by atoms with E-state index in [0.717, 1.165) is 18.5 Å². The third-order valence-electron chi connectivity index (χ3n) is 4.98. The number of carboxylic acid groups (broad SMARTS) is 1. The number of benzene rings is 1. The molecule has 2 atom stereocenters. The third kappa shape index (κ3) is 6.30. The molecule has 2 N–H and O–H groups in total. The predicted molar refractivity (Wildman–Crippen MR) is 102 cm³/mol. The Morgan fingerprint density at radius 3 is 2.79 bits per heavy atom. The van der Waals surface area contributed by atoms with Crippen molar-refractivity contribution in [2.75, 3.05) is 26.2 Å². The molecule has 0 aromatic heterocycles. The highest BCUT2D eigenvalue weighted by Crippen LogP contribution is 2.22. The zero-order valence-corrected chi connectivity index (χ0v) is 16.4. The number of rotatable bonds is 8. The fraction of sp³-hybridized carbons (Fsp3) is 0.550. The van der Waals surface area contributed by atoms with Crippen LogP contribution in [0.5, 0.6) is 0 Å². The summed E-state index contributed by atoms with van der Waals surface area (Å²) in [7, 11) is 0. The van der Waals surface area contributed by atoms with Gasteiger partial charge in [0.2, 0.25) is 11.8 Å². The van der Waals surface area contributed by atoms with Crippen molar-refractivity contribution in [1.82, 2.24) is 15.1 Å². The Bertz CT molecular complexity index is 712. The number of carbonyl (C=O) groups excluding carboxylic acids is 2. The Hall–Kier alpha value is -2.48. The Labute approximate surface area is 164 Å². The second-order valence-electron chi connectivity index (χ2n) is 7.23. The molecular formula is C20H28FN3O4. The lowest BCUT2D eigenvalue weighted by molar-refractivity contribution is -0.152. The number of piperidine rings is 1. The van der Waals surface area contributed by atoms with Crippen molar-refractivity contribution >= 4 is 17.8 Å². The maximum atomic E-state index is 13.4. The zero-order chi connectivity index (χ0) is 20.7. The van der Waals surface area contributed by atoms with Crippen LogP contribution in [-0.2, 0) is 20.9 Å². The van der Waals surface area contributed by atoms with E-state index in [1.165, 1.54) is 30.9 Å². The first-order chi connectivity index (χ1) is 13.3. The number of halogens is 1. The minimum atomic E-state index is -1.08. The van der Waals surface area contributed by atoms with Gasteiger partial charge in [-0.1, -0.05) is 12.1 Å². The van der Waals surface area contributed by atoms with Crippen LogP contribution in [0.25, 0.3) is 0 Å². The monoisotopic (exact) mass is 393 g/mol. The Morgan fingerprint density at radius 1 is 1.39 bits per heavy atom. The number of nitrogens with one attached hydrogen (secondary N) is 1. The lowest BCUT2D eigenvalue weighted by Crippen LogP contribution is -2.51. The highest BCUT2D eigenvalue weighted by atomic mass is 19.1. The van der Waals surface area contributed by atoms with Crippen molar-refractivity contribution in [3.8, 4) is 0 Å². The summed E-state index contributed by atoms with van der Waals surface area (Å²) >= 11 is 0. The second-order valence-corrected chi connectivity index (χ2v) is 7.23. The molecule has 1 fully saturated rings. The van der Waals surface area contributed by atoms with Gasteiger partial charge in [0.1, 0.15) is 11.9 Å². The van der Waals surface area contributed by atoms with Crippen molar-refractivity contribution in [3.05, 3.63) is 35.6 Å². The standard InChI is InChI=1S/C20H28FN3O4/c1-14(20(27)28)24(10-8-22-15(2)25)19(26)17-6-4-9-23(13-17)12-16-5-3-7-18(21)11-16/h3,5,7,11,14,17H,4,6,8-10,12-13H2,1-2H3,(H,22,25)(H,27,28). The third-order valence-corrected chi connectivity index (χ3v) is 4.98. The van der Waals surface area contributed by atoms with Gasteiger partial charge in [0.25, 0.3) is 0 Å². The Balaban J connectivity index is 2.03. The average Bonchev–Trinajstić information content (AvgIpc) is 2.64. The Kier molecular flexibility index (Phi) is 7.92. The van der Waals surface area contributed by atoms with Crippen LogP contribution in [0.3, 0.4) is 0 Å². The summed E-state index contributed by atoms with van der Waals surface area (Å²) in [4.78, 5) is 39.0. The first-order valence-corrected chi connectivity index (χ1v) is 9.52. The van der Waals surface area contributed by atoms with E-state index in [1.807, 2.05) is 6.07 Å². The topological polar surface area (TPSA) is 90.0 Å². The fourth-order valence-electron chi connectivity index (χ4n) is 3.51. The molecule has 8 heteroatoms. The van der Waals surface area contributed by atoms with Gasteiger partial charge in [-0.15, -0.1) is 0 Å². The summed E-state index contributed by atoms with van der Waals surface area (Å²) in [6.45, 7) is 5.05. The first-order valence-electron chi connectivity index (χ1n) is 9.52. The second kappa shape index (κ2) is 10.2. The van der Waals surface area contributed by atoms with Crippen molar-refractivity contribution in [3.63, 3.8) is 0 Å². The van der Waals surface area contributed by atoms with E-state index in [2.05, 4.69) is 10.2 Å². The summed E-state index contributed by atoms with van der Waals surface area (Å²) < 4.78 is 13.4. The molecule has 1 heterocycles. The number of carboxylic acids is 1. The van der Waals surface area contributed by atoms with Gasteiger partial charge in [0.15, 0.2) is 0 Å². The van der Waals surface area contributed by atoms with Crippen LogP contribution >= 0.6 is 0 Å². The number of likely N-dealkylation sites (tertiary alicyclic amines) is 1. The van der Waals surface area contributed by atoms with Crippen LogP contribution in [0.4, 0.5) is 4.39 Å². The van der Waals surface area contributed by atoms with Crippen molar-refractivity contribution in [2.45, 2.75) is 39.3 Å². The largest absolute Gasteiger partial charge is 0.480 e. The van der Waals surface area contributed by atoms with Crippen LogP contribution in [0, 0.1) is 11.7 Å². The van der Waals surface area contributed by atoms with Gasteiger partial charge in [-0.3, -0.25) is 14.5 Å². The van der Waals surface area contributed by atoms with Gasteiger partial charge < -0.3 is 15.3 Å². The summed E-state index contributed by atoms with van der Waals surface area (Å²) in [6, 6.07) is 5.42. The van der Waals surface area contributed by atoms with Gasteiger partial charge in [0, 0.05) is 33.1 Å². The summed E-state index contributed by atoms with van der Waals surface area (Å²) in [6.07, 6.45) is 1.49. The van der Waals surface area contributed by atoms with E-state index in [1.54, 1.807) is 6.07 Å². The molecular weight excluding hydrogens is 365 g/mol. The Morgan fingerprint density at radius 2 is 2.14 bits per heavy atom. The van der Waals surface area contributed by atoms with Gasteiger partial charge in [-0.2, -0.15) is 0 Å². The van der Waals surface area contributed by atoms with Crippen LogP contribution in [0.1, 0.15) is 32.3 Å². The quantitative estimate of drug-likeness (QED) is 0.698. The molecule has 7 nitrogen and oxygen atoms in total. The summed E-state index contributed by atoms with van der Waals surface area (Å²) in [5, 5.41) is 12.0. The van der Waals surface area contributed by atoms with E-state index in [-0.39, 0.29) is 36.6 Å². The molecule has 2 rings (SSSR count). The van der Waals surface area contributed by atoms with Crippen molar-refractivity contribution < 1.29 is 23.9 Å². The molecule has 1 aromatic rings. The summed E-state index contributed by atoms with van der Waals surface area (Å²) in [5.41, 5.74) is 0.842. The van der Waals surface area contributed by atoms with Gasteiger partial charge >= 0.3 is 5.97 Å². The molecule has 0 saturated carbocycles. The molecule has 154 valence electrons. The number of aliphatic carboxylic acids is 1. The van der Waals surface area contributed by atoms with Crippen LogP contribution in [0.15, 0.2) is 24.3 Å². The molecule has 1 saturated heterocycles. The minimum absolute atomic E-state index is 0.145. The van der Waals surface area contributed by atoms with Crippen LogP contribution < -0.4 is 5.32 Å². The van der Waals surface area contributed by atoms with Crippen LogP contribution in [-0.4, -0.2) is 64.9 Å². The van der Waals surface area contributed by atoms with Crippen LogP contribution in [0.2, 0.25) is 0 Å². The average molecular weight is 393 g/mol. The molecule has 1 aromatic carbocycles. The zero-order valence-electron chi connectivity index (χ0n) is 16.4. The predicted octanol–water partition coefficient (Wildman–Crippen LogP) is 1.48. The maximum absolute atomic E-state index is 13.4. The lowest BCUT2D eigenvalue weighted by Gasteiger charge is -2.36. The molecule has 0 radical (unpaired) electrons. The number of carbonyl (C=O) groups is 3. The lowest BCUT2D eigenvalue weighted by atomic mass is 9.95. The highest BCUT2D eigenvalue weighted by Gasteiger charge is 2.33. The first kappa shape index (κ1) is 21.8. The van der Waals surface area contributed by atoms with Crippen molar-refractivity contribution in [2.24, 2.45) is 5.92 Å². The molecule has 0 bridgehead atoms. The molecule has 2 unspecified atom stereocenters. The highest BCUT2D eigenvalue weighted by molar-refractivity contribution is 5.85. The maximum Gasteiger partial charge on any atom is 0.326 e. The normalized spacial score (nSPS) is 18.3. The van der Waals surface area contributed by atoms with Crippen molar-refractivity contribution in [1.29, 1.82) is 0 Å². The number of hydrogen-bond donors (Lipinski definition) is 2.